The minimum Gasteiger partial charge on any atom is -0.376 e. The molecular formula is C14H14N2S2. The summed E-state index contributed by atoms with van der Waals surface area (Å²) in [6.45, 7) is 0. The van der Waals surface area contributed by atoms with Crippen LogP contribution in [0.2, 0.25) is 0 Å². The molecule has 0 aliphatic heterocycles. The zero-order valence-corrected chi connectivity index (χ0v) is 11.6. The highest BCUT2D eigenvalue weighted by atomic mass is 32.2. The first-order valence-electron chi connectivity index (χ1n) is 5.50. The second-order valence-electron chi connectivity index (χ2n) is 3.80. The van der Waals surface area contributed by atoms with E-state index in [-0.39, 0.29) is 5.11 Å². The molecule has 0 radical (unpaired) electrons. The number of nitrogens with two attached hydrogens (primary N) is 1. The Bertz CT molecular complexity index is 550. The van der Waals surface area contributed by atoms with Crippen molar-refractivity contribution in [3.8, 4) is 11.1 Å². The molecule has 3 N–H and O–H groups in total. The maximum absolute atomic E-state index is 5.47. The molecule has 2 nitrogen and oxygen atoms in total. The third-order valence-electron chi connectivity index (χ3n) is 2.55. The van der Waals surface area contributed by atoms with E-state index in [9.17, 15) is 0 Å². The molecule has 0 saturated carbocycles. The Morgan fingerprint density at radius 3 is 2.44 bits per heavy atom. The van der Waals surface area contributed by atoms with Gasteiger partial charge >= 0.3 is 0 Å². The number of benzene rings is 2. The lowest BCUT2D eigenvalue weighted by Crippen LogP contribution is -2.18. The number of nitrogens with one attached hydrogen (secondary N) is 1. The van der Waals surface area contributed by atoms with Crippen molar-refractivity contribution in [3.63, 3.8) is 0 Å². The van der Waals surface area contributed by atoms with E-state index in [1.807, 2.05) is 18.2 Å². The van der Waals surface area contributed by atoms with Crippen LogP contribution in [0.3, 0.4) is 0 Å². The standard InChI is InChI=1S/C14H14N2S2/c1-18-13-7-5-10(6-8-13)11-3-2-4-12(9-11)16-14(15)17/h2-9H,1H3,(H3,15,16,17). The van der Waals surface area contributed by atoms with Gasteiger partial charge in [-0.05, 0) is 53.9 Å². The van der Waals surface area contributed by atoms with E-state index in [1.54, 1.807) is 11.8 Å². The van der Waals surface area contributed by atoms with Gasteiger partial charge < -0.3 is 11.1 Å². The van der Waals surface area contributed by atoms with Gasteiger partial charge in [0.05, 0.1) is 0 Å². The van der Waals surface area contributed by atoms with Crippen LogP contribution in [-0.2, 0) is 0 Å². The van der Waals surface area contributed by atoms with Crippen LogP contribution in [0.4, 0.5) is 5.69 Å². The molecule has 18 heavy (non-hydrogen) atoms. The van der Waals surface area contributed by atoms with Gasteiger partial charge in [-0.25, -0.2) is 0 Å². The van der Waals surface area contributed by atoms with Gasteiger partial charge in [-0.1, -0.05) is 24.3 Å². The van der Waals surface area contributed by atoms with Crippen molar-refractivity contribution in [1.82, 2.24) is 0 Å². The first-order chi connectivity index (χ1) is 8.69. The molecule has 0 aliphatic rings. The second-order valence-corrected chi connectivity index (χ2v) is 5.12. The maximum atomic E-state index is 5.47. The average molecular weight is 274 g/mol. The van der Waals surface area contributed by atoms with Crippen LogP contribution >= 0.6 is 24.0 Å². The van der Waals surface area contributed by atoms with Crippen LogP contribution in [0.15, 0.2) is 53.4 Å². The lowest BCUT2D eigenvalue weighted by molar-refractivity contribution is 1.46. The topological polar surface area (TPSA) is 38.0 Å². The SMILES string of the molecule is CSc1ccc(-c2cccc(NC(N)=S)c2)cc1. The van der Waals surface area contributed by atoms with Gasteiger partial charge in [-0.3, -0.25) is 0 Å². The fraction of sp³-hybridized carbons (Fsp3) is 0.0714. The number of hydrogen-bond donors (Lipinski definition) is 2. The summed E-state index contributed by atoms with van der Waals surface area (Å²) < 4.78 is 0. The highest BCUT2D eigenvalue weighted by Crippen LogP contribution is 2.25. The summed E-state index contributed by atoms with van der Waals surface area (Å²) in [5.41, 5.74) is 8.70. The number of rotatable bonds is 3. The van der Waals surface area contributed by atoms with Crippen molar-refractivity contribution >= 4 is 34.8 Å². The molecule has 0 bridgehead atoms. The first kappa shape index (κ1) is 12.9. The molecule has 0 atom stereocenters. The van der Waals surface area contributed by atoms with E-state index >= 15 is 0 Å². The molecule has 92 valence electrons. The molecule has 2 rings (SSSR count). The fourth-order valence-electron chi connectivity index (χ4n) is 1.70. The van der Waals surface area contributed by atoms with Crippen molar-refractivity contribution in [2.75, 3.05) is 11.6 Å². The summed E-state index contributed by atoms with van der Waals surface area (Å²) in [5.74, 6) is 0. The molecule has 0 fully saturated rings. The van der Waals surface area contributed by atoms with Crippen molar-refractivity contribution < 1.29 is 0 Å². The number of anilines is 1. The zero-order valence-electron chi connectivity index (χ0n) is 10.0. The number of thioether (sulfide) groups is 1. The Labute approximate surface area is 117 Å². The van der Waals surface area contributed by atoms with Gasteiger partial charge in [-0.15, -0.1) is 11.8 Å². The van der Waals surface area contributed by atoms with E-state index in [1.165, 1.54) is 10.5 Å². The van der Waals surface area contributed by atoms with Gasteiger partial charge in [0.2, 0.25) is 0 Å². The Balaban J connectivity index is 2.29. The summed E-state index contributed by atoms with van der Waals surface area (Å²) in [5, 5.41) is 3.22. The molecule has 2 aromatic rings. The smallest absolute Gasteiger partial charge is 0.168 e. The van der Waals surface area contributed by atoms with Crippen LogP contribution < -0.4 is 11.1 Å². The Hall–Kier alpha value is -1.52. The average Bonchev–Trinajstić information content (AvgIpc) is 2.38. The molecule has 2 aromatic carbocycles. The Morgan fingerprint density at radius 2 is 1.83 bits per heavy atom. The first-order valence-corrected chi connectivity index (χ1v) is 7.13. The summed E-state index contributed by atoms with van der Waals surface area (Å²) in [6.07, 6.45) is 2.07. The van der Waals surface area contributed by atoms with E-state index in [0.717, 1.165) is 11.3 Å². The van der Waals surface area contributed by atoms with Gasteiger partial charge in [0.15, 0.2) is 5.11 Å². The molecule has 0 aromatic heterocycles. The Morgan fingerprint density at radius 1 is 1.11 bits per heavy atom. The third kappa shape index (κ3) is 3.24. The second kappa shape index (κ2) is 5.89. The molecule has 0 amide bonds. The van der Waals surface area contributed by atoms with E-state index in [4.69, 9.17) is 18.0 Å². The fourth-order valence-corrected chi connectivity index (χ4v) is 2.23. The quantitative estimate of drug-likeness (QED) is 0.660. The van der Waals surface area contributed by atoms with E-state index in [0.29, 0.717) is 0 Å². The normalized spacial score (nSPS) is 10.1. The number of thiocarbonyl (C=S) groups is 1. The highest BCUT2D eigenvalue weighted by Gasteiger charge is 2.00. The Kier molecular flexibility index (Phi) is 4.23. The van der Waals surface area contributed by atoms with Gasteiger partial charge in [0.1, 0.15) is 0 Å². The van der Waals surface area contributed by atoms with Crippen LogP contribution in [-0.4, -0.2) is 11.4 Å². The van der Waals surface area contributed by atoms with Crippen molar-refractivity contribution in [2.24, 2.45) is 5.73 Å². The molecule has 0 unspecified atom stereocenters. The third-order valence-corrected chi connectivity index (χ3v) is 3.40. The van der Waals surface area contributed by atoms with Crippen LogP contribution in [0.1, 0.15) is 0 Å². The lowest BCUT2D eigenvalue weighted by atomic mass is 10.1. The summed E-state index contributed by atoms with van der Waals surface area (Å²) in [4.78, 5) is 1.26. The van der Waals surface area contributed by atoms with Crippen LogP contribution in [0.25, 0.3) is 11.1 Å². The van der Waals surface area contributed by atoms with Crippen LogP contribution in [0.5, 0.6) is 0 Å². The van der Waals surface area contributed by atoms with E-state index in [2.05, 4.69) is 41.9 Å². The van der Waals surface area contributed by atoms with Crippen molar-refractivity contribution in [3.05, 3.63) is 48.5 Å². The highest BCUT2D eigenvalue weighted by molar-refractivity contribution is 7.98. The summed E-state index contributed by atoms with van der Waals surface area (Å²) in [7, 11) is 0. The van der Waals surface area contributed by atoms with Gasteiger partial charge in [-0.2, -0.15) is 0 Å². The summed E-state index contributed by atoms with van der Waals surface area (Å²) in [6, 6.07) is 16.5. The zero-order chi connectivity index (χ0) is 13.0. The summed E-state index contributed by atoms with van der Waals surface area (Å²) >= 11 is 6.57. The number of hydrogen-bond acceptors (Lipinski definition) is 2. The molecule has 0 saturated heterocycles. The largest absolute Gasteiger partial charge is 0.376 e. The van der Waals surface area contributed by atoms with Crippen molar-refractivity contribution in [2.45, 2.75) is 4.90 Å². The molecule has 0 heterocycles. The van der Waals surface area contributed by atoms with E-state index < -0.39 is 0 Å². The lowest BCUT2D eigenvalue weighted by Gasteiger charge is -2.07. The van der Waals surface area contributed by atoms with Crippen molar-refractivity contribution in [1.29, 1.82) is 0 Å². The predicted molar refractivity (Wildman–Crippen MR) is 84.1 cm³/mol. The minimum atomic E-state index is 0.282. The maximum Gasteiger partial charge on any atom is 0.168 e. The molecule has 4 heteroatoms. The molecule has 0 aliphatic carbocycles. The van der Waals surface area contributed by atoms with Gasteiger partial charge in [0, 0.05) is 10.6 Å². The molecular weight excluding hydrogens is 260 g/mol. The van der Waals surface area contributed by atoms with Gasteiger partial charge in [0.25, 0.3) is 0 Å². The molecule has 0 spiro atoms. The predicted octanol–water partition coefficient (Wildman–Crippen LogP) is 3.73. The minimum absolute atomic E-state index is 0.282. The monoisotopic (exact) mass is 274 g/mol. The van der Waals surface area contributed by atoms with Crippen LogP contribution in [0, 0.1) is 0 Å².